The maximum atomic E-state index is 13.2. The Kier molecular flexibility index (Phi) is 3.93. The lowest BCUT2D eigenvalue weighted by atomic mass is 10.1. The lowest BCUT2D eigenvalue weighted by Gasteiger charge is -2.04. The lowest BCUT2D eigenvalue weighted by Crippen LogP contribution is -2.02. The van der Waals surface area contributed by atoms with Gasteiger partial charge in [-0.15, -0.1) is 0 Å². The molecule has 0 saturated heterocycles. The van der Waals surface area contributed by atoms with Gasteiger partial charge in [-0.2, -0.15) is 0 Å². The van der Waals surface area contributed by atoms with Gasteiger partial charge in [0.1, 0.15) is 5.82 Å². The van der Waals surface area contributed by atoms with E-state index in [1.807, 2.05) is 0 Å². The van der Waals surface area contributed by atoms with E-state index in [0.29, 0.717) is 12.0 Å². The summed E-state index contributed by atoms with van der Waals surface area (Å²) in [6.45, 7) is 1.90. The lowest BCUT2D eigenvalue weighted by molar-refractivity contribution is -0.385. The van der Waals surface area contributed by atoms with Crippen LogP contribution in [0.3, 0.4) is 0 Å². The number of rotatable bonds is 5. The average molecular weight is 276 g/mol. The summed E-state index contributed by atoms with van der Waals surface area (Å²) >= 11 is 0. The molecule has 2 aromatic rings. The van der Waals surface area contributed by atoms with Crippen molar-refractivity contribution in [2.24, 2.45) is 0 Å². The third kappa shape index (κ3) is 2.90. The quantitative estimate of drug-likeness (QED) is 0.478. The van der Waals surface area contributed by atoms with Gasteiger partial charge in [0.25, 0.3) is 5.69 Å². The second kappa shape index (κ2) is 5.64. The number of benzene rings is 1. The molecule has 0 fully saturated rings. The summed E-state index contributed by atoms with van der Waals surface area (Å²) in [6.07, 6.45) is 3.65. The third-order valence-corrected chi connectivity index (χ3v) is 2.98. The van der Waals surface area contributed by atoms with E-state index in [1.54, 1.807) is 30.0 Å². The van der Waals surface area contributed by atoms with Gasteiger partial charge in [0.2, 0.25) is 0 Å². The zero-order chi connectivity index (χ0) is 14.7. The van der Waals surface area contributed by atoms with E-state index in [9.17, 15) is 19.3 Å². The fourth-order valence-corrected chi connectivity index (χ4v) is 1.96. The molecule has 2 rings (SSSR count). The van der Waals surface area contributed by atoms with Crippen LogP contribution < -0.4 is 0 Å². The van der Waals surface area contributed by atoms with Crippen LogP contribution in [0.4, 0.5) is 10.1 Å². The number of ketones is 1. The van der Waals surface area contributed by atoms with Gasteiger partial charge in [0, 0.05) is 30.4 Å². The Balaban J connectivity index is 2.30. The maximum absolute atomic E-state index is 13.2. The summed E-state index contributed by atoms with van der Waals surface area (Å²) in [5.74, 6) is -0.528. The highest BCUT2D eigenvalue weighted by Gasteiger charge is 2.15. The van der Waals surface area contributed by atoms with Gasteiger partial charge in [-0.05, 0) is 18.2 Å². The van der Waals surface area contributed by atoms with Crippen LogP contribution >= 0.6 is 0 Å². The molecule has 1 aromatic heterocycles. The van der Waals surface area contributed by atoms with Crippen molar-refractivity contribution in [3.05, 3.63) is 63.7 Å². The SMILES string of the molecule is CCC(=O)c1ccn(Cc2cc(F)ccc2[N+](=O)[O-])c1. The highest BCUT2D eigenvalue weighted by Crippen LogP contribution is 2.21. The van der Waals surface area contributed by atoms with Crippen LogP contribution in [0.5, 0.6) is 0 Å². The Morgan fingerprint density at radius 2 is 2.15 bits per heavy atom. The second-order valence-electron chi connectivity index (χ2n) is 4.38. The normalized spacial score (nSPS) is 10.5. The molecule has 0 spiro atoms. The number of halogens is 1. The molecular weight excluding hydrogens is 263 g/mol. The van der Waals surface area contributed by atoms with E-state index in [1.165, 1.54) is 0 Å². The summed E-state index contributed by atoms with van der Waals surface area (Å²) in [6, 6.07) is 4.99. The van der Waals surface area contributed by atoms with Crippen molar-refractivity contribution in [3.8, 4) is 0 Å². The summed E-state index contributed by atoms with van der Waals surface area (Å²) < 4.78 is 14.8. The minimum atomic E-state index is -0.545. The summed E-state index contributed by atoms with van der Waals surface area (Å²) in [7, 11) is 0. The topological polar surface area (TPSA) is 65.1 Å². The van der Waals surface area contributed by atoms with Crippen molar-refractivity contribution in [3.63, 3.8) is 0 Å². The van der Waals surface area contributed by atoms with Crippen LogP contribution in [0.15, 0.2) is 36.7 Å². The van der Waals surface area contributed by atoms with Crippen molar-refractivity contribution in [1.29, 1.82) is 0 Å². The first-order valence-corrected chi connectivity index (χ1v) is 6.13. The molecule has 0 aliphatic carbocycles. The van der Waals surface area contributed by atoms with Gasteiger partial charge in [-0.3, -0.25) is 14.9 Å². The molecule has 0 atom stereocenters. The molecule has 0 radical (unpaired) electrons. The van der Waals surface area contributed by atoms with Crippen molar-refractivity contribution in [2.45, 2.75) is 19.9 Å². The molecule has 20 heavy (non-hydrogen) atoms. The molecule has 5 nitrogen and oxygen atoms in total. The van der Waals surface area contributed by atoms with Gasteiger partial charge >= 0.3 is 0 Å². The van der Waals surface area contributed by atoms with Crippen LogP contribution in [0, 0.1) is 15.9 Å². The van der Waals surface area contributed by atoms with Crippen LogP contribution in [-0.2, 0) is 6.54 Å². The number of carbonyl (C=O) groups is 1. The van der Waals surface area contributed by atoms with Crippen molar-refractivity contribution in [2.75, 3.05) is 0 Å². The van der Waals surface area contributed by atoms with Crippen LogP contribution in [0.1, 0.15) is 29.3 Å². The smallest absolute Gasteiger partial charge is 0.274 e. The number of hydrogen-bond donors (Lipinski definition) is 0. The predicted molar refractivity (Wildman–Crippen MR) is 71.2 cm³/mol. The first-order valence-electron chi connectivity index (χ1n) is 6.13. The number of nitro groups is 1. The van der Waals surface area contributed by atoms with Gasteiger partial charge in [-0.1, -0.05) is 6.92 Å². The standard InChI is InChI=1S/C14H13FN2O3/c1-2-14(18)10-5-6-16(8-10)9-11-7-12(15)3-4-13(11)17(19)20/h3-8H,2,9H2,1H3. The van der Waals surface area contributed by atoms with Gasteiger partial charge < -0.3 is 4.57 Å². The molecule has 6 heteroatoms. The number of nitro benzene ring substituents is 1. The highest BCUT2D eigenvalue weighted by molar-refractivity contribution is 5.95. The number of Topliss-reactive ketones (excluding diaryl/α,β-unsaturated/α-hetero) is 1. The summed E-state index contributed by atoms with van der Waals surface area (Å²) in [5.41, 5.74) is 0.677. The molecular formula is C14H13FN2O3. The number of nitrogens with zero attached hydrogens (tertiary/aromatic N) is 2. The van der Waals surface area contributed by atoms with Crippen molar-refractivity contribution in [1.82, 2.24) is 4.57 Å². The number of aromatic nitrogens is 1. The maximum Gasteiger partial charge on any atom is 0.274 e. The fourth-order valence-electron chi connectivity index (χ4n) is 1.96. The Hall–Kier alpha value is -2.50. The molecule has 0 aliphatic heterocycles. The molecule has 0 unspecified atom stereocenters. The summed E-state index contributed by atoms with van der Waals surface area (Å²) in [4.78, 5) is 21.9. The number of carbonyl (C=O) groups excluding carboxylic acids is 1. The first-order chi connectivity index (χ1) is 9.51. The zero-order valence-corrected chi connectivity index (χ0v) is 10.9. The molecule has 0 aliphatic rings. The Morgan fingerprint density at radius 3 is 2.80 bits per heavy atom. The molecule has 1 heterocycles. The van der Waals surface area contributed by atoms with Gasteiger partial charge in [-0.25, -0.2) is 4.39 Å². The van der Waals surface area contributed by atoms with E-state index in [2.05, 4.69) is 0 Å². The fraction of sp³-hybridized carbons (Fsp3) is 0.214. The van der Waals surface area contributed by atoms with Crippen LogP contribution in [0.2, 0.25) is 0 Å². The Bertz CT molecular complexity index is 664. The first kappa shape index (κ1) is 13.9. The molecule has 0 bridgehead atoms. The molecule has 0 saturated carbocycles. The van der Waals surface area contributed by atoms with Crippen molar-refractivity contribution < 1.29 is 14.1 Å². The minimum absolute atomic E-state index is 0.00232. The Morgan fingerprint density at radius 1 is 1.40 bits per heavy atom. The monoisotopic (exact) mass is 276 g/mol. The predicted octanol–water partition coefficient (Wildman–Crippen LogP) is 3.18. The second-order valence-corrected chi connectivity index (χ2v) is 4.38. The van der Waals surface area contributed by atoms with Crippen molar-refractivity contribution >= 4 is 11.5 Å². The zero-order valence-electron chi connectivity index (χ0n) is 10.9. The number of hydrogen-bond acceptors (Lipinski definition) is 3. The Labute approximate surface area is 114 Å². The van der Waals surface area contributed by atoms with Crippen LogP contribution in [0.25, 0.3) is 0 Å². The molecule has 104 valence electrons. The molecule has 1 aromatic carbocycles. The molecule has 0 amide bonds. The average Bonchev–Trinajstić information content (AvgIpc) is 2.86. The largest absolute Gasteiger partial charge is 0.349 e. The molecule has 0 N–H and O–H groups in total. The van der Waals surface area contributed by atoms with Crippen LogP contribution in [-0.4, -0.2) is 15.3 Å². The van der Waals surface area contributed by atoms with E-state index in [-0.39, 0.29) is 23.6 Å². The summed E-state index contributed by atoms with van der Waals surface area (Å²) in [5, 5.41) is 10.9. The van der Waals surface area contributed by atoms with E-state index >= 15 is 0 Å². The minimum Gasteiger partial charge on any atom is -0.349 e. The van der Waals surface area contributed by atoms with Gasteiger partial charge in [0.15, 0.2) is 5.78 Å². The van der Waals surface area contributed by atoms with E-state index in [4.69, 9.17) is 0 Å². The van der Waals surface area contributed by atoms with Gasteiger partial charge in [0.05, 0.1) is 17.0 Å². The van der Waals surface area contributed by atoms with E-state index < -0.39 is 10.7 Å². The third-order valence-electron chi connectivity index (χ3n) is 2.98. The van der Waals surface area contributed by atoms with E-state index in [0.717, 1.165) is 18.2 Å². The highest BCUT2D eigenvalue weighted by atomic mass is 19.1.